The topological polar surface area (TPSA) is 0 Å². The van der Waals surface area contributed by atoms with Crippen LogP contribution in [0.4, 0.5) is 4.39 Å². The van der Waals surface area contributed by atoms with E-state index in [0.717, 1.165) is 22.6 Å². The minimum Gasteiger partial charge on any atom is -0.207 e. The maximum Gasteiger partial charge on any atom is 0.123 e. The van der Waals surface area contributed by atoms with Gasteiger partial charge in [0, 0.05) is 16.1 Å². The summed E-state index contributed by atoms with van der Waals surface area (Å²) in [5.74, 6) is -0.180. The lowest BCUT2D eigenvalue weighted by Gasteiger charge is -2.32. The summed E-state index contributed by atoms with van der Waals surface area (Å²) in [7, 11) is 0. The van der Waals surface area contributed by atoms with Crippen molar-refractivity contribution in [3.8, 4) is 0 Å². The van der Waals surface area contributed by atoms with Gasteiger partial charge in [-0.25, -0.2) is 4.39 Å². The Hall–Kier alpha value is -0.670. The number of hydrogen-bond donors (Lipinski definition) is 0. The summed E-state index contributed by atoms with van der Waals surface area (Å²) < 4.78 is 13.6. The zero-order chi connectivity index (χ0) is 15.5. The van der Waals surface area contributed by atoms with Crippen LogP contribution in [0.25, 0.3) is 0 Å². The summed E-state index contributed by atoms with van der Waals surface area (Å²) in [6.45, 7) is 4.28. The Labute approximate surface area is 143 Å². The Kier molecular flexibility index (Phi) is 5.61. The molecule has 21 heavy (non-hydrogen) atoms. The molecule has 0 bridgehead atoms. The van der Waals surface area contributed by atoms with Gasteiger partial charge in [-0.3, -0.25) is 0 Å². The van der Waals surface area contributed by atoms with Gasteiger partial charge in [-0.1, -0.05) is 62.2 Å². The molecule has 0 saturated heterocycles. The highest BCUT2D eigenvalue weighted by atomic mass is 79.9. The van der Waals surface area contributed by atoms with E-state index in [-0.39, 0.29) is 11.2 Å². The number of benzene rings is 2. The van der Waals surface area contributed by atoms with E-state index >= 15 is 0 Å². The third-order valence-electron chi connectivity index (χ3n) is 4.11. The number of rotatable bonds is 5. The molecular weight excluding hydrogens is 395 g/mol. The van der Waals surface area contributed by atoms with E-state index in [1.54, 1.807) is 12.1 Å². The quantitative estimate of drug-likeness (QED) is 0.550. The van der Waals surface area contributed by atoms with Crippen molar-refractivity contribution in [2.75, 3.05) is 10.7 Å². The molecule has 0 unspecified atom stereocenters. The van der Waals surface area contributed by atoms with E-state index in [9.17, 15) is 4.39 Å². The van der Waals surface area contributed by atoms with Crippen molar-refractivity contribution < 1.29 is 4.39 Å². The predicted molar refractivity (Wildman–Crippen MR) is 95.3 cm³/mol. The molecule has 2 aromatic rings. The lowest BCUT2D eigenvalue weighted by molar-refractivity contribution is 0.539. The van der Waals surface area contributed by atoms with Gasteiger partial charge in [-0.2, -0.15) is 0 Å². The molecule has 0 aliphatic rings. The molecule has 0 amide bonds. The summed E-state index contributed by atoms with van der Waals surface area (Å²) in [5.41, 5.74) is 4.80. The zero-order valence-corrected chi connectivity index (χ0v) is 15.5. The minimum absolute atomic E-state index is 0.154. The third-order valence-corrected chi connectivity index (χ3v) is 6.25. The molecule has 0 saturated carbocycles. The van der Waals surface area contributed by atoms with Gasteiger partial charge >= 0.3 is 0 Å². The van der Waals surface area contributed by atoms with Crippen LogP contribution in [0.1, 0.15) is 22.3 Å². The summed E-state index contributed by atoms with van der Waals surface area (Å²) in [6.07, 6.45) is 0.880. The molecule has 0 nitrogen and oxygen atoms in total. The standard InChI is InChI=1S/C18H19Br2F/c1-13-5-3-6-14(2)17(13)10-18(11-19,12-20)15-7-4-8-16(21)9-15/h3-9H,10-12H2,1-2H3. The van der Waals surface area contributed by atoms with E-state index in [4.69, 9.17) is 0 Å². The van der Waals surface area contributed by atoms with Crippen LogP contribution < -0.4 is 0 Å². The molecule has 3 heteroatoms. The summed E-state index contributed by atoms with van der Waals surface area (Å²) >= 11 is 7.30. The number of alkyl halides is 2. The van der Waals surface area contributed by atoms with Crippen molar-refractivity contribution >= 4 is 31.9 Å². The van der Waals surface area contributed by atoms with E-state index in [1.165, 1.54) is 22.8 Å². The second kappa shape index (κ2) is 7.06. The highest BCUT2D eigenvalue weighted by molar-refractivity contribution is 9.09. The van der Waals surface area contributed by atoms with Gasteiger partial charge in [-0.15, -0.1) is 0 Å². The highest BCUT2D eigenvalue weighted by Gasteiger charge is 2.31. The first kappa shape index (κ1) is 16.7. The third kappa shape index (κ3) is 3.57. The monoisotopic (exact) mass is 412 g/mol. The van der Waals surface area contributed by atoms with Crippen LogP contribution in [0.2, 0.25) is 0 Å². The van der Waals surface area contributed by atoms with Gasteiger partial charge in [-0.05, 0) is 54.7 Å². The predicted octanol–water partition coefficient (Wildman–Crippen LogP) is 5.71. The van der Waals surface area contributed by atoms with Gasteiger partial charge in [0.05, 0.1) is 0 Å². The van der Waals surface area contributed by atoms with Gasteiger partial charge in [0.15, 0.2) is 0 Å². The first-order valence-electron chi connectivity index (χ1n) is 6.95. The lowest BCUT2D eigenvalue weighted by Crippen LogP contribution is -2.33. The van der Waals surface area contributed by atoms with Gasteiger partial charge in [0.25, 0.3) is 0 Å². The van der Waals surface area contributed by atoms with Crippen molar-refractivity contribution in [3.05, 3.63) is 70.5 Å². The van der Waals surface area contributed by atoms with Crippen LogP contribution >= 0.6 is 31.9 Å². The van der Waals surface area contributed by atoms with Crippen LogP contribution in [-0.4, -0.2) is 10.7 Å². The Balaban J connectivity index is 2.48. The molecule has 0 aliphatic heterocycles. The first-order chi connectivity index (χ1) is 10.0. The molecule has 0 aliphatic carbocycles. The number of aryl methyl sites for hydroxylation is 2. The van der Waals surface area contributed by atoms with Crippen LogP contribution in [0.15, 0.2) is 42.5 Å². The van der Waals surface area contributed by atoms with Gasteiger partial charge in [0.1, 0.15) is 5.82 Å². The fourth-order valence-corrected chi connectivity index (χ4v) is 4.64. The van der Waals surface area contributed by atoms with Crippen LogP contribution in [0.5, 0.6) is 0 Å². The number of hydrogen-bond acceptors (Lipinski definition) is 0. The summed E-state index contributed by atoms with van der Waals surface area (Å²) in [5, 5.41) is 1.56. The molecule has 0 spiro atoms. The molecule has 0 N–H and O–H groups in total. The van der Waals surface area contributed by atoms with Crippen LogP contribution in [0, 0.1) is 19.7 Å². The van der Waals surface area contributed by atoms with Crippen molar-refractivity contribution in [3.63, 3.8) is 0 Å². The molecule has 0 heterocycles. The fourth-order valence-electron chi connectivity index (χ4n) is 2.67. The molecule has 112 valence electrons. The lowest BCUT2D eigenvalue weighted by atomic mass is 9.77. The van der Waals surface area contributed by atoms with E-state index in [1.807, 2.05) is 6.07 Å². The van der Waals surface area contributed by atoms with E-state index < -0.39 is 0 Å². The van der Waals surface area contributed by atoms with Gasteiger partial charge in [0.2, 0.25) is 0 Å². The summed E-state index contributed by atoms with van der Waals surface area (Å²) in [6, 6.07) is 13.3. The summed E-state index contributed by atoms with van der Waals surface area (Å²) in [4.78, 5) is 0. The molecule has 2 rings (SSSR count). The van der Waals surface area contributed by atoms with Crippen molar-refractivity contribution in [2.24, 2.45) is 0 Å². The maximum atomic E-state index is 13.6. The average Bonchev–Trinajstić information content (AvgIpc) is 2.48. The zero-order valence-electron chi connectivity index (χ0n) is 12.3. The number of halogens is 3. The average molecular weight is 414 g/mol. The van der Waals surface area contributed by atoms with Crippen molar-refractivity contribution in [1.29, 1.82) is 0 Å². The fraction of sp³-hybridized carbons (Fsp3) is 0.333. The Morgan fingerprint density at radius 1 is 0.952 bits per heavy atom. The van der Waals surface area contributed by atoms with Crippen LogP contribution in [0.3, 0.4) is 0 Å². The van der Waals surface area contributed by atoms with E-state index in [0.29, 0.717) is 0 Å². The highest BCUT2D eigenvalue weighted by Crippen LogP contribution is 2.35. The van der Waals surface area contributed by atoms with Crippen LogP contribution in [-0.2, 0) is 11.8 Å². The second-order valence-corrected chi connectivity index (χ2v) is 6.73. The molecular formula is C18H19Br2F. The SMILES string of the molecule is Cc1cccc(C)c1CC(CBr)(CBr)c1cccc(F)c1. The Bertz CT molecular complexity index is 598. The van der Waals surface area contributed by atoms with Crippen molar-refractivity contribution in [2.45, 2.75) is 25.7 Å². The first-order valence-corrected chi connectivity index (χ1v) is 9.20. The van der Waals surface area contributed by atoms with E-state index in [2.05, 4.69) is 63.9 Å². The second-order valence-electron chi connectivity index (χ2n) is 5.61. The Morgan fingerprint density at radius 2 is 1.52 bits per heavy atom. The molecule has 2 aromatic carbocycles. The molecule has 0 radical (unpaired) electrons. The minimum atomic E-state index is -0.180. The van der Waals surface area contributed by atoms with Crippen molar-refractivity contribution in [1.82, 2.24) is 0 Å². The normalized spacial score (nSPS) is 11.7. The smallest absolute Gasteiger partial charge is 0.123 e. The Morgan fingerprint density at radius 3 is 2.05 bits per heavy atom. The van der Waals surface area contributed by atoms with Gasteiger partial charge < -0.3 is 0 Å². The molecule has 0 atom stereocenters. The largest absolute Gasteiger partial charge is 0.207 e. The maximum absolute atomic E-state index is 13.6. The molecule has 0 aromatic heterocycles. The molecule has 0 fully saturated rings.